The van der Waals surface area contributed by atoms with Crippen molar-refractivity contribution in [3.8, 4) is 0 Å². The second-order valence-corrected chi connectivity index (χ2v) is 3.21. The van der Waals surface area contributed by atoms with Crippen LogP contribution in [0.25, 0.3) is 0 Å². The number of rotatable bonds is 2. The second kappa shape index (κ2) is 3.66. The highest BCUT2D eigenvalue weighted by Gasteiger charge is 2.43. The number of aliphatic hydroxyl groups is 3. The molecule has 1 aromatic heterocycles. The van der Waals surface area contributed by atoms with E-state index in [4.69, 9.17) is 9.84 Å². The van der Waals surface area contributed by atoms with Crippen LogP contribution >= 0.6 is 0 Å². The second-order valence-electron chi connectivity index (χ2n) is 3.21. The van der Waals surface area contributed by atoms with Gasteiger partial charge in [0.15, 0.2) is 6.23 Å². The van der Waals surface area contributed by atoms with Crippen LogP contribution in [0.4, 0.5) is 0 Å². The fourth-order valence-electron chi connectivity index (χ4n) is 1.53. The van der Waals surface area contributed by atoms with Crippen molar-refractivity contribution < 1.29 is 20.1 Å². The zero-order valence-electron chi connectivity index (χ0n) is 7.39. The molecule has 0 saturated carbocycles. The lowest BCUT2D eigenvalue weighted by molar-refractivity contribution is -0.0586. The summed E-state index contributed by atoms with van der Waals surface area (Å²) in [6.07, 6.45) is -0.438. The molecule has 4 atom stereocenters. The summed E-state index contributed by atoms with van der Waals surface area (Å²) < 4.78 is 6.64. The average Bonchev–Trinajstić information content (AvgIpc) is 2.78. The third kappa shape index (κ3) is 1.42. The average molecular weight is 200 g/mol. The van der Waals surface area contributed by atoms with Gasteiger partial charge >= 0.3 is 0 Å². The summed E-state index contributed by atoms with van der Waals surface area (Å²) in [4.78, 5) is 0. The molecule has 0 unspecified atom stereocenters. The van der Waals surface area contributed by atoms with Gasteiger partial charge in [0.05, 0.1) is 6.61 Å². The van der Waals surface area contributed by atoms with E-state index in [9.17, 15) is 10.2 Å². The molecule has 1 aliphatic rings. The number of aromatic nitrogens is 2. The lowest BCUT2D eigenvalue weighted by atomic mass is 10.1. The van der Waals surface area contributed by atoms with Crippen LogP contribution < -0.4 is 0 Å². The molecule has 6 nitrogen and oxygen atoms in total. The highest BCUT2D eigenvalue weighted by Crippen LogP contribution is 2.28. The van der Waals surface area contributed by atoms with E-state index < -0.39 is 24.5 Å². The predicted molar refractivity (Wildman–Crippen MR) is 45.2 cm³/mol. The van der Waals surface area contributed by atoms with Gasteiger partial charge in [-0.25, -0.2) is 4.68 Å². The minimum Gasteiger partial charge on any atom is -0.394 e. The molecular formula is C8H12N2O4. The van der Waals surface area contributed by atoms with Crippen molar-refractivity contribution in [3.63, 3.8) is 0 Å². The third-order valence-electron chi connectivity index (χ3n) is 2.30. The highest BCUT2D eigenvalue weighted by molar-refractivity contribution is 4.90. The van der Waals surface area contributed by atoms with Crippen LogP contribution in [-0.2, 0) is 4.74 Å². The first-order chi connectivity index (χ1) is 6.74. The van der Waals surface area contributed by atoms with Crippen molar-refractivity contribution >= 4 is 0 Å². The Labute approximate surface area is 80.4 Å². The first kappa shape index (κ1) is 9.60. The highest BCUT2D eigenvalue weighted by atomic mass is 16.6. The fraction of sp³-hybridized carbons (Fsp3) is 0.625. The molecule has 0 aromatic carbocycles. The Kier molecular flexibility index (Phi) is 2.51. The van der Waals surface area contributed by atoms with Crippen molar-refractivity contribution in [1.82, 2.24) is 9.78 Å². The monoisotopic (exact) mass is 200 g/mol. The summed E-state index contributed by atoms with van der Waals surface area (Å²) in [6.45, 7) is -0.323. The number of hydrogen-bond donors (Lipinski definition) is 3. The largest absolute Gasteiger partial charge is 0.394 e. The Morgan fingerprint density at radius 2 is 2.14 bits per heavy atom. The first-order valence-corrected chi connectivity index (χ1v) is 4.35. The maximum atomic E-state index is 9.58. The molecule has 14 heavy (non-hydrogen) atoms. The first-order valence-electron chi connectivity index (χ1n) is 4.35. The fourth-order valence-corrected chi connectivity index (χ4v) is 1.53. The van der Waals surface area contributed by atoms with Crippen LogP contribution in [0.1, 0.15) is 6.23 Å². The van der Waals surface area contributed by atoms with Crippen LogP contribution in [-0.4, -0.2) is 50.0 Å². The normalized spacial score (nSPS) is 37.6. The number of nitrogens with zero attached hydrogens (tertiary/aromatic N) is 2. The van der Waals surface area contributed by atoms with Gasteiger partial charge in [-0.3, -0.25) is 0 Å². The standard InChI is InChI=1S/C8H12N2O4/c11-4-5-6(12)7(13)8(14-5)10-3-1-2-9-10/h1-3,5-8,11-13H,4H2/t5-,6-,7-,8-/m1/s1. The summed E-state index contributed by atoms with van der Waals surface area (Å²) in [5, 5.41) is 31.8. The molecule has 1 aromatic rings. The van der Waals surface area contributed by atoms with Gasteiger partial charge in [-0.1, -0.05) is 0 Å². The Morgan fingerprint density at radius 3 is 2.64 bits per heavy atom. The smallest absolute Gasteiger partial charge is 0.179 e. The lowest BCUT2D eigenvalue weighted by Crippen LogP contribution is -2.33. The zero-order chi connectivity index (χ0) is 10.1. The molecule has 0 radical (unpaired) electrons. The van der Waals surface area contributed by atoms with E-state index in [2.05, 4.69) is 5.10 Å². The summed E-state index contributed by atoms with van der Waals surface area (Å²) in [5.41, 5.74) is 0. The number of hydrogen-bond acceptors (Lipinski definition) is 5. The maximum Gasteiger partial charge on any atom is 0.179 e. The van der Waals surface area contributed by atoms with Gasteiger partial charge in [-0.2, -0.15) is 5.10 Å². The van der Waals surface area contributed by atoms with Gasteiger partial charge in [-0.05, 0) is 6.07 Å². The molecule has 2 rings (SSSR count). The van der Waals surface area contributed by atoms with E-state index in [-0.39, 0.29) is 6.61 Å². The van der Waals surface area contributed by atoms with E-state index in [1.54, 1.807) is 18.5 Å². The quantitative estimate of drug-likeness (QED) is 0.540. The van der Waals surface area contributed by atoms with Gasteiger partial charge in [0.2, 0.25) is 0 Å². The molecule has 0 bridgehead atoms. The van der Waals surface area contributed by atoms with E-state index in [0.29, 0.717) is 0 Å². The molecule has 1 saturated heterocycles. The number of aliphatic hydroxyl groups excluding tert-OH is 3. The topological polar surface area (TPSA) is 87.7 Å². The predicted octanol–water partition coefficient (Wildman–Crippen LogP) is -1.51. The van der Waals surface area contributed by atoms with Gasteiger partial charge in [0.1, 0.15) is 18.3 Å². The number of ether oxygens (including phenoxy) is 1. The van der Waals surface area contributed by atoms with Crippen LogP contribution in [0, 0.1) is 0 Å². The molecule has 2 heterocycles. The summed E-state index contributed by atoms with van der Waals surface area (Å²) in [5.74, 6) is 0. The molecule has 78 valence electrons. The molecular weight excluding hydrogens is 188 g/mol. The summed E-state index contributed by atoms with van der Waals surface area (Å²) in [7, 11) is 0. The van der Waals surface area contributed by atoms with Gasteiger partial charge in [0.25, 0.3) is 0 Å². The molecule has 0 aliphatic carbocycles. The van der Waals surface area contributed by atoms with Crippen LogP contribution in [0.5, 0.6) is 0 Å². The van der Waals surface area contributed by atoms with Crippen LogP contribution in [0.15, 0.2) is 18.5 Å². The molecule has 1 fully saturated rings. The summed E-state index contributed by atoms with van der Waals surface area (Å²) >= 11 is 0. The lowest BCUT2D eigenvalue weighted by Gasteiger charge is -2.14. The van der Waals surface area contributed by atoms with Crippen LogP contribution in [0.3, 0.4) is 0 Å². The molecule has 6 heteroatoms. The van der Waals surface area contributed by atoms with Crippen molar-refractivity contribution in [2.75, 3.05) is 6.61 Å². The Balaban J connectivity index is 2.16. The van der Waals surface area contributed by atoms with Crippen molar-refractivity contribution in [1.29, 1.82) is 0 Å². The summed E-state index contributed by atoms with van der Waals surface area (Å²) in [6, 6.07) is 1.69. The minimum absolute atomic E-state index is 0.323. The third-order valence-corrected chi connectivity index (χ3v) is 2.30. The van der Waals surface area contributed by atoms with Gasteiger partial charge in [-0.15, -0.1) is 0 Å². The molecule has 0 amide bonds. The minimum atomic E-state index is -1.07. The Hall–Kier alpha value is -0.950. The Morgan fingerprint density at radius 1 is 1.36 bits per heavy atom. The Bertz CT molecular complexity index is 290. The van der Waals surface area contributed by atoms with Gasteiger partial charge < -0.3 is 20.1 Å². The van der Waals surface area contributed by atoms with E-state index >= 15 is 0 Å². The zero-order valence-corrected chi connectivity index (χ0v) is 7.39. The molecule has 0 spiro atoms. The molecule has 1 aliphatic heterocycles. The van der Waals surface area contributed by atoms with Crippen molar-refractivity contribution in [3.05, 3.63) is 18.5 Å². The van der Waals surface area contributed by atoms with Gasteiger partial charge in [0, 0.05) is 12.4 Å². The maximum absolute atomic E-state index is 9.58. The SMILES string of the molecule is OC[C@H]1O[C@@H](n2cccn2)[C@H](O)[C@@H]1O. The van der Waals surface area contributed by atoms with Crippen LogP contribution in [0.2, 0.25) is 0 Å². The molecule has 3 N–H and O–H groups in total. The van der Waals surface area contributed by atoms with Crippen molar-refractivity contribution in [2.45, 2.75) is 24.5 Å². The van der Waals surface area contributed by atoms with E-state index in [1.165, 1.54) is 4.68 Å². The van der Waals surface area contributed by atoms with Crippen molar-refractivity contribution in [2.24, 2.45) is 0 Å². The van der Waals surface area contributed by atoms with E-state index in [0.717, 1.165) is 0 Å². The van der Waals surface area contributed by atoms with E-state index in [1.807, 2.05) is 0 Å².